The maximum Gasteiger partial charge on any atom is 0.434 e. The number of pyridine rings is 1. The molecular formula is C23H28F3N5O. The molecule has 2 aromatic heterocycles. The number of rotatable bonds is 5. The molecule has 4 atom stereocenters. The molecule has 9 heteroatoms. The van der Waals surface area contributed by atoms with Gasteiger partial charge >= 0.3 is 6.18 Å². The second-order valence-electron chi connectivity index (χ2n) is 8.92. The monoisotopic (exact) mass is 449 g/mol. The maximum atomic E-state index is 13.2. The van der Waals surface area contributed by atoms with E-state index in [4.69, 9.17) is 7.48 Å². The summed E-state index contributed by atoms with van der Waals surface area (Å²) in [6.07, 6.45) is 0.752. The van der Waals surface area contributed by atoms with Crippen molar-refractivity contribution in [1.29, 1.82) is 0 Å². The molecule has 5 rings (SSSR count). The fraction of sp³-hybridized carbons (Fsp3) is 0.609. The lowest BCUT2D eigenvalue weighted by molar-refractivity contribution is -0.140. The first kappa shape index (κ1) is 19.2. The number of anilines is 1. The zero-order valence-corrected chi connectivity index (χ0v) is 17.7. The lowest BCUT2D eigenvalue weighted by Gasteiger charge is -2.28. The quantitative estimate of drug-likeness (QED) is 0.737. The van der Waals surface area contributed by atoms with Crippen LogP contribution in [-0.4, -0.2) is 58.4 Å². The third-order valence-electron chi connectivity index (χ3n) is 6.63. The summed E-state index contributed by atoms with van der Waals surface area (Å²) < 4.78 is 62.7. The Morgan fingerprint density at radius 3 is 2.59 bits per heavy atom. The van der Waals surface area contributed by atoms with Crippen LogP contribution in [0.5, 0.6) is 0 Å². The van der Waals surface area contributed by atoms with Crippen LogP contribution in [0.25, 0.3) is 11.3 Å². The van der Waals surface area contributed by atoms with Gasteiger partial charge in [-0.1, -0.05) is 0 Å². The number of likely N-dealkylation sites (tertiary alicyclic amines) is 1. The van der Waals surface area contributed by atoms with Crippen molar-refractivity contribution in [3.8, 4) is 11.3 Å². The molecule has 1 aliphatic carbocycles. The Morgan fingerprint density at radius 1 is 1.12 bits per heavy atom. The SMILES string of the molecule is [2H]C([2H])([C@H]1CCCCO1)N1C[C@H]2CC(Nc3ccc(-c4cccnc4C(F)(F)F)nn3)C[C@H]2C1. The molecule has 0 spiro atoms. The van der Waals surface area contributed by atoms with E-state index in [2.05, 4.69) is 20.5 Å². The van der Waals surface area contributed by atoms with Gasteiger partial charge in [-0.25, -0.2) is 0 Å². The van der Waals surface area contributed by atoms with E-state index < -0.39 is 18.4 Å². The minimum absolute atomic E-state index is 0.0965. The summed E-state index contributed by atoms with van der Waals surface area (Å²) in [4.78, 5) is 5.42. The third-order valence-corrected chi connectivity index (χ3v) is 6.63. The predicted octanol–water partition coefficient (Wildman–Crippen LogP) is 4.25. The van der Waals surface area contributed by atoms with E-state index in [-0.39, 0.29) is 23.4 Å². The van der Waals surface area contributed by atoms with Gasteiger partial charge in [-0.2, -0.15) is 13.2 Å². The summed E-state index contributed by atoms with van der Waals surface area (Å²) in [6, 6.07) is 6.14. The first-order chi connectivity index (χ1) is 16.2. The highest BCUT2D eigenvalue weighted by molar-refractivity contribution is 5.62. The average molecular weight is 450 g/mol. The van der Waals surface area contributed by atoms with Crippen molar-refractivity contribution in [2.45, 2.75) is 50.4 Å². The molecular weight excluding hydrogens is 419 g/mol. The Bertz CT molecular complexity index is 987. The van der Waals surface area contributed by atoms with Gasteiger partial charge in [-0.15, -0.1) is 10.2 Å². The van der Waals surface area contributed by atoms with Crippen LogP contribution in [0.4, 0.5) is 19.0 Å². The smallest absolute Gasteiger partial charge is 0.377 e. The molecule has 0 aromatic carbocycles. The van der Waals surface area contributed by atoms with E-state index in [1.54, 1.807) is 6.07 Å². The highest BCUT2D eigenvalue weighted by Gasteiger charge is 2.41. The molecule has 3 fully saturated rings. The molecule has 4 heterocycles. The lowest BCUT2D eigenvalue weighted by Crippen LogP contribution is -2.35. The van der Waals surface area contributed by atoms with Crippen molar-refractivity contribution in [3.63, 3.8) is 0 Å². The van der Waals surface area contributed by atoms with Gasteiger partial charge in [0.2, 0.25) is 0 Å². The van der Waals surface area contributed by atoms with Crippen molar-refractivity contribution in [2.24, 2.45) is 11.8 Å². The van der Waals surface area contributed by atoms with Crippen LogP contribution in [0.2, 0.25) is 0 Å². The van der Waals surface area contributed by atoms with Crippen LogP contribution in [0.3, 0.4) is 0 Å². The van der Waals surface area contributed by atoms with E-state index in [1.165, 1.54) is 18.2 Å². The molecule has 1 N–H and O–H groups in total. The van der Waals surface area contributed by atoms with Crippen molar-refractivity contribution in [1.82, 2.24) is 20.1 Å². The van der Waals surface area contributed by atoms with Gasteiger partial charge in [-0.05, 0) is 68.2 Å². The van der Waals surface area contributed by atoms with Gasteiger partial charge in [-0.3, -0.25) is 4.98 Å². The number of hydrogen-bond acceptors (Lipinski definition) is 6. The summed E-state index contributed by atoms with van der Waals surface area (Å²) in [5.41, 5.74) is -0.950. The second-order valence-corrected chi connectivity index (χ2v) is 8.92. The Labute approximate surface area is 188 Å². The Morgan fingerprint density at radius 2 is 1.94 bits per heavy atom. The standard InChI is InChI=1S/C23H28F3N5O/c24-23(25,26)22-19(5-3-8-27-22)20-6-7-21(30-29-20)28-17-10-15-12-31(13-16(15)11-17)14-18-4-1-2-9-32-18/h3,5-8,15-18H,1-2,4,9-14H2,(H,28,30)/t15-,16+,17?,18-/m1/s1/i14D2. The average Bonchev–Trinajstić information content (AvgIpc) is 3.39. The Balaban J connectivity index is 1.19. The molecule has 1 unspecified atom stereocenters. The zero-order valence-electron chi connectivity index (χ0n) is 19.7. The fourth-order valence-corrected chi connectivity index (χ4v) is 5.17. The number of fused-ring (bicyclic) bond motifs is 1. The molecule has 172 valence electrons. The highest BCUT2D eigenvalue weighted by atomic mass is 19.4. The summed E-state index contributed by atoms with van der Waals surface area (Å²) in [5.74, 6) is 1.32. The molecule has 2 aliphatic heterocycles. The number of halogens is 3. The van der Waals surface area contributed by atoms with Crippen LogP contribution < -0.4 is 5.32 Å². The zero-order chi connectivity index (χ0) is 23.9. The Hall–Kier alpha value is -2.26. The molecule has 0 bridgehead atoms. The Kier molecular flexibility index (Phi) is 5.37. The molecule has 6 nitrogen and oxygen atoms in total. The summed E-state index contributed by atoms with van der Waals surface area (Å²) in [7, 11) is 0. The normalized spacial score (nSPS) is 30.0. The van der Waals surface area contributed by atoms with E-state index in [9.17, 15) is 13.2 Å². The first-order valence-corrected chi connectivity index (χ1v) is 11.2. The molecule has 32 heavy (non-hydrogen) atoms. The highest BCUT2D eigenvalue weighted by Crippen LogP contribution is 2.39. The van der Waals surface area contributed by atoms with Gasteiger partial charge in [0.1, 0.15) is 5.82 Å². The number of hydrogen-bond donors (Lipinski definition) is 1. The minimum Gasteiger partial charge on any atom is -0.377 e. The van der Waals surface area contributed by atoms with Crippen LogP contribution in [0.1, 0.15) is 40.5 Å². The topological polar surface area (TPSA) is 63.2 Å². The number of ether oxygens (including phenoxy) is 1. The molecule has 2 saturated heterocycles. The van der Waals surface area contributed by atoms with Crippen molar-refractivity contribution < 1.29 is 20.6 Å². The van der Waals surface area contributed by atoms with E-state index in [1.807, 2.05) is 4.90 Å². The number of nitrogens with one attached hydrogen (secondary N) is 1. The molecule has 0 radical (unpaired) electrons. The lowest BCUT2D eigenvalue weighted by atomic mass is 10.0. The van der Waals surface area contributed by atoms with Crippen molar-refractivity contribution in [3.05, 3.63) is 36.2 Å². The first-order valence-electron chi connectivity index (χ1n) is 12.2. The molecule has 0 amide bonds. The fourth-order valence-electron chi connectivity index (χ4n) is 5.17. The van der Waals surface area contributed by atoms with Gasteiger partial charge in [0, 0.05) is 46.7 Å². The molecule has 1 saturated carbocycles. The number of aromatic nitrogens is 3. The van der Waals surface area contributed by atoms with E-state index >= 15 is 0 Å². The van der Waals surface area contributed by atoms with E-state index in [0.717, 1.165) is 38.3 Å². The maximum absolute atomic E-state index is 13.2. The summed E-state index contributed by atoms with van der Waals surface area (Å²) in [5, 5.41) is 11.5. The molecule has 2 aromatic rings. The van der Waals surface area contributed by atoms with Gasteiger partial charge < -0.3 is 15.0 Å². The summed E-state index contributed by atoms with van der Waals surface area (Å²) >= 11 is 0. The van der Waals surface area contributed by atoms with Crippen LogP contribution in [-0.2, 0) is 10.9 Å². The van der Waals surface area contributed by atoms with E-state index in [0.29, 0.717) is 37.4 Å². The van der Waals surface area contributed by atoms with Crippen LogP contribution >= 0.6 is 0 Å². The van der Waals surface area contributed by atoms with Gasteiger partial charge in [0.05, 0.1) is 11.8 Å². The number of nitrogens with zero attached hydrogens (tertiary/aromatic N) is 4. The third kappa shape index (κ3) is 4.73. The van der Waals surface area contributed by atoms with Crippen LogP contribution in [0, 0.1) is 11.8 Å². The molecule has 3 aliphatic rings. The predicted molar refractivity (Wildman–Crippen MR) is 114 cm³/mol. The van der Waals surface area contributed by atoms with Gasteiger partial charge in [0.15, 0.2) is 5.69 Å². The van der Waals surface area contributed by atoms with Crippen LogP contribution in [0.15, 0.2) is 30.5 Å². The largest absolute Gasteiger partial charge is 0.434 e. The second kappa shape index (κ2) is 8.94. The number of alkyl halides is 3. The van der Waals surface area contributed by atoms with Crippen molar-refractivity contribution in [2.75, 3.05) is 31.5 Å². The summed E-state index contributed by atoms with van der Waals surface area (Å²) in [6.45, 7) is 0.606. The van der Waals surface area contributed by atoms with Gasteiger partial charge in [0.25, 0.3) is 0 Å². The van der Waals surface area contributed by atoms with Crippen molar-refractivity contribution >= 4 is 5.82 Å². The minimum atomic E-state index is -4.57.